The topological polar surface area (TPSA) is 116 Å². The SMILES string of the molecule is Cn1c(Cc2ccc(C(N)=[NH2+])cc2)nc2cc(NS(=O)(=O)c3ccccc3)ccc21. The number of benzene rings is 3. The van der Waals surface area contributed by atoms with E-state index in [1.165, 1.54) is 0 Å². The summed E-state index contributed by atoms with van der Waals surface area (Å²) < 4.78 is 29.8. The van der Waals surface area contributed by atoms with Crippen molar-refractivity contribution in [3.63, 3.8) is 0 Å². The van der Waals surface area contributed by atoms with Crippen LogP contribution in [0.25, 0.3) is 11.0 Å². The minimum atomic E-state index is -3.65. The van der Waals surface area contributed by atoms with Gasteiger partial charge >= 0.3 is 0 Å². The molecular formula is C22H22N5O2S+. The average Bonchev–Trinajstić information content (AvgIpc) is 3.03. The Hall–Kier alpha value is -3.65. The number of hydrogen-bond acceptors (Lipinski definition) is 3. The van der Waals surface area contributed by atoms with E-state index in [2.05, 4.69) is 4.72 Å². The lowest BCUT2D eigenvalue weighted by atomic mass is 10.1. The first-order valence-electron chi connectivity index (χ1n) is 9.34. The zero-order valence-corrected chi connectivity index (χ0v) is 17.2. The van der Waals surface area contributed by atoms with Gasteiger partial charge in [0.2, 0.25) is 0 Å². The Labute approximate surface area is 174 Å². The van der Waals surface area contributed by atoms with Gasteiger partial charge in [-0.05, 0) is 48.0 Å². The van der Waals surface area contributed by atoms with Crippen LogP contribution in [0.5, 0.6) is 0 Å². The highest BCUT2D eigenvalue weighted by atomic mass is 32.2. The molecule has 0 unspecified atom stereocenters. The fraction of sp³-hybridized carbons (Fsp3) is 0.0909. The summed E-state index contributed by atoms with van der Waals surface area (Å²) in [5.41, 5.74) is 9.59. The molecular weight excluding hydrogens is 398 g/mol. The fourth-order valence-corrected chi connectivity index (χ4v) is 4.35. The lowest BCUT2D eigenvalue weighted by Gasteiger charge is -2.08. The third-order valence-electron chi connectivity index (χ3n) is 4.93. The molecule has 0 spiro atoms. The molecule has 1 aromatic heterocycles. The summed E-state index contributed by atoms with van der Waals surface area (Å²) in [6, 6.07) is 21.3. The van der Waals surface area contributed by atoms with Crippen molar-refractivity contribution in [1.29, 1.82) is 0 Å². The van der Waals surface area contributed by atoms with Crippen LogP contribution >= 0.6 is 0 Å². The first kappa shape index (κ1) is 19.7. The summed E-state index contributed by atoms with van der Waals surface area (Å²) in [5.74, 6) is 1.15. The van der Waals surface area contributed by atoms with Crippen LogP contribution < -0.4 is 15.9 Å². The Morgan fingerprint density at radius 3 is 2.43 bits per heavy atom. The van der Waals surface area contributed by atoms with Gasteiger partial charge in [0.25, 0.3) is 15.9 Å². The predicted molar refractivity (Wildman–Crippen MR) is 117 cm³/mol. The molecule has 0 saturated heterocycles. The van der Waals surface area contributed by atoms with Crippen molar-refractivity contribution in [2.45, 2.75) is 11.3 Å². The molecule has 0 amide bonds. The molecule has 4 rings (SSSR count). The second kappa shape index (κ2) is 7.64. The number of nitrogens with zero attached hydrogens (tertiary/aromatic N) is 2. The molecule has 5 N–H and O–H groups in total. The maximum absolute atomic E-state index is 12.6. The summed E-state index contributed by atoms with van der Waals surface area (Å²) in [6.07, 6.45) is 0.626. The van der Waals surface area contributed by atoms with E-state index < -0.39 is 10.0 Å². The second-order valence-corrected chi connectivity index (χ2v) is 8.72. The van der Waals surface area contributed by atoms with Crippen LogP contribution in [0.4, 0.5) is 5.69 Å². The summed E-state index contributed by atoms with van der Waals surface area (Å²) >= 11 is 0. The molecule has 152 valence electrons. The monoisotopic (exact) mass is 420 g/mol. The highest BCUT2D eigenvalue weighted by Gasteiger charge is 2.15. The molecule has 0 radical (unpaired) electrons. The Bertz CT molecular complexity index is 1330. The van der Waals surface area contributed by atoms with E-state index in [9.17, 15) is 8.42 Å². The van der Waals surface area contributed by atoms with Gasteiger partial charge in [0.05, 0.1) is 27.2 Å². The zero-order valence-electron chi connectivity index (χ0n) is 16.4. The molecule has 8 heteroatoms. The van der Waals surface area contributed by atoms with E-state index in [0.29, 0.717) is 12.1 Å². The van der Waals surface area contributed by atoms with Gasteiger partial charge in [-0.15, -0.1) is 0 Å². The number of nitrogens with two attached hydrogens (primary N) is 2. The first-order chi connectivity index (χ1) is 14.3. The number of rotatable bonds is 6. The number of imidazole rings is 1. The highest BCUT2D eigenvalue weighted by molar-refractivity contribution is 7.92. The Morgan fingerprint density at radius 2 is 1.77 bits per heavy atom. The lowest BCUT2D eigenvalue weighted by molar-refractivity contribution is -0.114. The first-order valence-corrected chi connectivity index (χ1v) is 10.8. The normalized spacial score (nSPS) is 11.5. The van der Waals surface area contributed by atoms with E-state index in [-0.39, 0.29) is 10.7 Å². The van der Waals surface area contributed by atoms with Gasteiger partial charge in [-0.2, -0.15) is 0 Å². The third-order valence-corrected chi connectivity index (χ3v) is 6.33. The number of hydrogen-bond donors (Lipinski definition) is 3. The molecule has 0 aliphatic carbocycles. The van der Waals surface area contributed by atoms with Crippen LogP contribution in [-0.4, -0.2) is 23.8 Å². The predicted octanol–water partition coefficient (Wildman–Crippen LogP) is 1.43. The molecule has 3 aromatic carbocycles. The van der Waals surface area contributed by atoms with Crippen LogP contribution in [0.1, 0.15) is 17.0 Å². The van der Waals surface area contributed by atoms with E-state index in [4.69, 9.17) is 16.1 Å². The quantitative estimate of drug-likeness (QED) is 0.323. The van der Waals surface area contributed by atoms with Crippen LogP contribution in [-0.2, 0) is 23.5 Å². The molecule has 30 heavy (non-hydrogen) atoms. The summed E-state index contributed by atoms with van der Waals surface area (Å²) in [6.45, 7) is 0. The Kier molecular flexibility index (Phi) is 5.01. The van der Waals surface area contributed by atoms with Crippen molar-refractivity contribution >= 4 is 32.6 Å². The molecule has 0 atom stereocenters. The van der Waals surface area contributed by atoms with E-state index in [1.54, 1.807) is 42.5 Å². The number of amidine groups is 1. The Morgan fingerprint density at radius 1 is 1.07 bits per heavy atom. The van der Waals surface area contributed by atoms with Crippen molar-refractivity contribution < 1.29 is 13.8 Å². The largest absolute Gasteiger partial charge is 0.331 e. The average molecular weight is 421 g/mol. The molecule has 1 heterocycles. The van der Waals surface area contributed by atoms with Crippen LogP contribution in [0.15, 0.2) is 77.7 Å². The van der Waals surface area contributed by atoms with E-state index in [0.717, 1.165) is 28.0 Å². The van der Waals surface area contributed by atoms with Gasteiger partial charge in [-0.25, -0.2) is 13.4 Å². The summed E-state index contributed by atoms with van der Waals surface area (Å²) in [4.78, 5) is 4.92. The minimum absolute atomic E-state index is 0.214. The molecule has 0 saturated carbocycles. The number of fused-ring (bicyclic) bond motifs is 1. The van der Waals surface area contributed by atoms with Crippen LogP contribution in [0.3, 0.4) is 0 Å². The van der Waals surface area contributed by atoms with Crippen molar-refractivity contribution in [3.05, 3.63) is 89.7 Å². The van der Waals surface area contributed by atoms with Gasteiger partial charge < -0.3 is 4.57 Å². The number of aryl methyl sites for hydroxylation is 1. The van der Waals surface area contributed by atoms with Crippen LogP contribution in [0.2, 0.25) is 0 Å². The van der Waals surface area contributed by atoms with Gasteiger partial charge in [-0.3, -0.25) is 15.9 Å². The molecule has 0 aliphatic heterocycles. The smallest absolute Gasteiger partial charge is 0.270 e. The molecule has 0 fully saturated rings. The standard InChI is InChI=1S/C22H21N5O2S/c1-27-20-12-11-17(26-30(28,29)18-5-3-2-4-6-18)14-19(20)25-21(27)13-15-7-9-16(10-8-15)22(23)24/h2-12,14,26H,13H2,1H3,(H3,23,24)/p+1. The van der Waals surface area contributed by atoms with E-state index >= 15 is 0 Å². The van der Waals surface area contributed by atoms with E-state index in [1.807, 2.05) is 41.9 Å². The number of sulfonamides is 1. The van der Waals surface area contributed by atoms with Gasteiger partial charge in [-0.1, -0.05) is 30.3 Å². The molecule has 4 aromatic rings. The summed E-state index contributed by atoms with van der Waals surface area (Å²) in [7, 11) is -1.71. The highest BCUT2D eigenvalue weighted by Crippen LogP contribution is 2.23. The van der Waals surface area contributed by atoms with Crippen molar-refractivity contribution in [1.82, 2.24) is 9.55 Å². The Balaban J connectivity index is 1.60. The number of aromatic nitrogens is 2. The lowest BCUT2D eigenvalue weighted by Crippen LogP contribution is -2.46. The molecule has 0 aliphatic rings. The van der Waals surface area contributed by atoms with Gasteiger partial charge in [0, 0.05) is 13.5 Å². The minimum Gasteiger partial charge on any atom is -0.331 e. The van der Waals surface area contributed by atoms with Crippen molar-refractivity contribution in [2.24, 2.45) is 12.8 Å². The van der Waals surface area contributed by atoms with Crippen LogP contribution in [0, 0.1) is 0 Å². The van der Waals surface area contributed by atoms with Gasteiger partial charge in [0.1, 0.15) is 5.82 Å². The zero-order chi connectivity index (χ0) is 21.3. The van der Waals surface area contributed by atoms with Crippen molar-refractivity contribution in [2.75, 3.05) is 4.72 Å². The number of nitrogens with one attached hydrogen (secondary N) is 1. The molecule has 7 nitrogen and oxygen atoms in total. The maximum Gasteiger partial charge on any atom is 0.270 e. The number of anilines is 1. The summed E-state index contributed by atoms with van der Waals surface area (Å²) in [5, 5.41) is 5.62. The second-order valence-electron chi connectivity index (χ2n) is 7.04. The fourth-order valence-electron chi connectivity index (χ4n) is 3.28. The maximum atomic E-state index is 12.6. The molecule has 0 bridgehead atoms. The van der Waals surface area contributed by atoms with Crippen molar-refractivity contribution in [3.8, 4) is 0 Å². The third kappa shape index (κ3) is 3.90. The van der Waals surface area contributed by atoms with Gasteiger partial charge in [0.15, 0.2) is 0 Å².